The van der Waals surface area contributed by atoms with Crippen molar-refractivity contribution >= 4 is 23.5 Å². The number of nitrogens with zero attached hydrogens (tertiary/aromatic N) is 2. The van der Waals surface area contributed by atoms with E-state index in [1.807, 2.05) is 0 Å². The number of benzene rings is 1. The Labute approximate surface area is 152 Å². The number of anilines is 1. The van der Waals surface area contributed by atoms with E-state index in [0.717, 1.165) is 25.7 Å². The van der Waals surface area contributed by atoms with Crippen LogP contribution in [0.4, 0.5) is 5.69 Å². The summed E-state index contributed by atoms with van der Waals surface area (Å²) in [6.07, 6.45) is 5.20. The van der Waals surface area contributed by atoms with Crippen LogP contribution in [-0.2, 0) is 14.3 Å². The Hall–Kier alpha value is -2.88. The predicted molar refractivity (Wildman–Crippen MR) is 95.2 cm³/mol. The van der Waals surface area contributed by atoms with Gasteiger partial charge in [0.2, 0.25) is 5.91 Å². The molecule has 1 aromatic carbocycles. The van der Waals surface area contributed by atoms with Crippen molar-refractivity contribution in [3.8, 4) is 6.07 Å². The van der Waals surface area contributed by atoms with E-state index >= 15 is 0 Å². The first kappa shape index (κ1) is 19.4. The van der Waals surface area contributed by atoms with Gasteiger partial charge in [-0.25, -0.2) is 4.79 Å². The molecule has 0 atom stereocenters. The molecule has 2 amide bonds. The number of carbonyl (C=O) groups excluding carboxylic acids is 3. The first-order valence-corrected chi connectivity index (χ1v) is 8.82. The van der Waals surface area contributed by atoms with Crippen molar-refractivity contribution in [2.24, 2.45) is 0 Å². The second kappa shape index (κ2) is 10.2. The average molecular weight is 357 g/mol. The summed E-state index contributed by atoms with van der Waals surface area (Å²) in [6.45, 7) is 1.17. The summed E-state index contributed by atoms with van der Waals surface area (Å²) in [5.41, 5.74) is 0.780. The van der Waals surface area contributed by atoms with Crippen LogP contribution in [0.25, 0.3) is 0 Å². The van der Waals surface area contributed by atoms with Gasteiger partial charge in [-0.1, -0.05) is 19.3 Å². The van der Waals surface area contributed by atoms with Gasteiger partial charge in [0.05, 0.1) is 11.6 Å². The van der Waals surface area contributed by atoms with Crippen molar-refractivity contribution in [3.05, 3.63) is 29.8 Å². The molecule has 0 aliphatic carbocycles. The number of likely N-dealkylation sites (tertiary alicyclic amines) is 1. The topological polar surface area (TPSA) is 99.5 Å². The van der Waals surface area contributed by atoms with Crippen LogP contribution in [-0.4, -0.2) is 42.4 Å². The fraction of sp³-hybridized carbons (Fsp3) is 0.474. The summed E-state index contributed by atoms with van der Waals surface area (Å²) in [7, 11) is 0. The number of hydrogen-bond donors (Lipinski definition) is 1. The number of nitrogens with one attached hydrogen (secondary N) is 1. The maximum atomic E-state index is 12.2. The molecule has 1 aliphatic rings. The lowest BCUT2D eigenvalue weighted by Crippen LogP contribution is -2.36. The molecule has 1 aliphatic heterocycles. The van der Waals surface area contributed by atoms with Gasteiger partial charge in [-0.2, -0.15) is 5.26 Å². The zero-order valence-corrected chi connectivity index (χ0v) is 14.7. The monoisotopic (exact) mass is 357 g/mol. The number of ether oxygens (including phenoxy) is 1. The molecule has 0 bridgehead atoms. The summed E-state index contributed by atoms with van der Waals surface area (Å²) in [6, 6.07) is 7.86. The first-order valence-electron chi connectivity index (χ1n) is 8.82. The Morgan fingerprint density at radius 3 is 2.27 bits per heavy atom. The number of rotatable bonds is 5. The van der Waals surface area contributed by atoms with Crippen molar-refractivity contribution < 1.29 is 19.1 Å². The summed E-state index contributed by atoms with van der Waals surface area (Å²) < 4.78 is 5.11. The van der Waals surface area contributed by atoms with Gasteiger partial charge in [0, 0.05) is 18.8 Å². The van der Waals surface area contributed by atoms with Crippen molar-refractivity contribution in [3.63, 3.8) is 0 Å². The summed E-state index contributed by atoms with van der Waals surface area (Å²) in [5, 5.41) is 11.0. The summed E-state index contributed by atoms with van der Waals surface area (Å²) >= 11 is 0. The van der Waals surface area contributed by atoms with Gasteiger partial charge >= 0.3 is 5.97 Å². The Morgan fingerprint density at radius 2 is 1.65 bits per heavy atom. The molecule has 0 spiro atoms. The molecule has 1 aromatic rings. The Bertz CT molecular complexity index is 671. The fourth-order valence-corrected chi connectivity index (χ4v) is 2.77. The summed E-state index contributed by atoms with van der Waals surface area (Å²) in [5.74, 6) is -1.16. The van der Waals surface area contributed by atoms with Crippen LogP contribution in [0.1, 0.15) is 48.9 Å². The smallest absolute Gasteiger partial charge is 0.338 e. The van der Waals surface area contributed by atoms with Crippen LogP contribution in [0.15, 0.2) is 24.3 Å². The van der Waals surface area contributed by atoms with Gasteiger partial charge in [0.1, 0.15) is 6.42 Å². The Balaban J connectivity index is 1.82. The van der Waals surface area contributed by atoms with Crippen LogP contribution in [0, 0.1) is 11.3 Å². The van der Waals surface area contributed by atoms with Crippen LogP contribution < -0.4 is 5.32 Å². The van der Waals surface area contributed by atoms with Gasteiger partial charge < -0.3 is 15.0 Å². The lowest BCUT2D eigenvalue weighted by atomic mass is 10.1. The average Bonchev–Trinajstić information content (AvgIpc) is 2.60. The van der Waals surface area contributed by atoms with E-state index in [1.165, 1.54) is 18.6 Å². The number of amides is 2. The van der Waals surface area contributed by atoms with E-state index in [-0.39, 0.29) is 18.9 Å². The third kappa shape index (κ3) is 6.20. The second-order valence-corrected chi connectivity index (χ2v) is 6.19. The number of esters is 1. The highest BCUT2D eigenvalue weighted by Crippen LogP contribution is 2.12. The van der Waals surface area contributed by atoms with Gasteiger partial charge in [0.25, 0.3) is 5.91 Å². The molecule has 0 saturated carbocycles. The third-order valence-corrected chi connectivity index (χ3v) is 4.18. The molecular formula is C19H23N3O4. The van der Waals surface area contributed by atoms with Crippen molar-refractivity contribution in [2.45, 2.75) is 38.5 Å². The van der Waals surface area contributed by atoms with E-state index < -0.39 is 11.9 Å². The predicted octanol–water partition coefficient (Wildman–Crippen LogP) is 2.49. The number of carbonyl (C=O) groups is 3. The summed E-state index contributed by atoms with van der Waals surface area (Å²) in [4.78, 5) is 37.4. The van der Waals surface area contributed by atoms with E-state index in [1.54, 1.807) is 23.1 Å². The minimum absolute atomic E-state index is 0.166. The third-order valence-electron chi connectivity index (χ3n) is 4.18. The standard InChI is InChI=1S/C19H23N3O4/c20-11-10-17(23)21-16-8-6-15(7-9-16)19(25)26-14-18(24)22-12-4-2-1-3-5-13-22/h6-9H,1-5,10,12-14H2,(H,21,23). The molecule has 0 aromatic heterocycles. The molecule has 0 radical (unpaired) electrons. The van der Waals surface area contributed by atoms with Crippen molar-refractivity contribution in [1.29, 1.82) is 5.26 Å². The molecule has 2 rings (SSSR count). The fourth-order valence-electron chi connectivity index (χ4n) is 2.77. The Kier molecular flexibility index (Phi) is 7.62. The first-order chi connectivity index (χ1) is 12.6. The van der Waals surface area contributed by atoms with Crippen LogP contribution in [0.3, 0.4) is 0 Å². The largest absolute Gasteiger partial charge is 0.452 e. The van der Waals surface area contributed by atoms with Crippen LogP contribution >= 0.6 is 0 Å². The van der Waals surface area contributed by atoms with Gasteiger partial charge in [0.15, 0.2) is 6.61 Å². The van der Waals surface area contributed by atoms with Gasteiger partial charge in [-0.05, 0) is 37.1 Å². The highest BCUT2D eigenvalue weighted by atomic mass is 16.5. The lowest BCUT2D eigenvalue weighted by Gasteiger charge is -2.24. The molecule has 1 fully saturated rings. The Morgan fingerprint density at radius 1 is 1.04 bits per heavy atom. The SMILES string of the molecule is N#CCC(=O)Nc1ccc(C(=O)OCC(=O)N2CCCCCCC2)cc1. The molecule has 0 unspecified atom stereocenters. The molecule has 7 nitrogen and oxygen atoms in total. The van der Waals surface area contributed by atoms with Gasteiger partial charge in [-0.3, -0.25) is 9.59 Å². The molecule has 1 N–H and O–H groups in total. The zero-order valence-electron chi connectivity index (χ0n) is 14.7. The van der Waals surface area contributed by atoms with Crippen LogP contribution in [0.5, 0.6) is 0 Å². The minimum atomic E-state index is -0.583. The molecule has 26 heavy (non-hydrogen) atoms. The maximum absolute atomic E-state index is 12.2. The normalized spacial score (nSPS) is 14.5. The van der Waals surface area contributed by atoms with E-state index in [2.05, 4.69) is 5.32 Å². The number of nitriles is 1. The lowest BCUT2D eigenvalue weighted by molar-refractivity contribution is -0.134. The minimum Gasteiger partial charge on any atom is -0.452 e. The molecule has 7 heteroatoms. The highest BCUT2D eigenvalue weighted by Gasteiger charge is 2.17. The zero-order chi connectivity index (χ0) is 18.8. The number of hydrogen-bond acceptors (Lipinski definition) is 5. The van der Waals surface area contributed by atoms with Gasteiger partial charge in [-0.15, -0.1) is 0 Å². The molecule has 138 valence electrons. The molecular weight excluding hydrogens is 334 g/mol. The quantitative estimate of drug-likeness (QED) is 0.816. The highest BCUT2D eigenvalue weighted by molar-refractivity contribution is 5.94. The van der Waals surface area contributed by atoms with E-state index in [4.69, 9.17) is 10.00 Å². The van der Waals surface area contributed by atoms with E-state index in [9.17, 15) is 14.4 Å². The maximum Gasteiger partial charge on any atom is 0.338 e. The molecule has 1 saturated heterocycles. The van der Waals surface area contributed by atoms with E-state index in [0.29, 0.717) is 24.3 Å². The van der Waals surface area contributed by atoms with Crippen molar-refractivity contribution in [2.75, 3.05) is 25.0 Å². The van der Waals surface area contributed by atoms with Crippen LogP contribution in [0.2, 0.25) is 0 Å². The molecule has 1 heterocycles. The second-order valence-electron chi connectivity index (χ2n) is 6.19. The van der Waals surface area contributed by atoms with Crippen molar-refractivity contribution in [1.82, 2.24) is 4.90 Å².